The fourth-order valence-corrected chi connectivity index (χ4v) is 4.59. The van der Waals surface area contributed by atoms with Gasteiger partial charge in [-0.3, -0.25) is 19.3 Å². The third-order valence-electron chi connectivity index (χ3n) is 4.65. The number of imide groups is 1. The van der Waals surface area contributed by atoms with Crippen LogP contribution >= 0.6 is 24.0 Å². The number of rotatable bonds is 3. The Bertz CT molecular complexity index is 1020. The molecule has 28 heavy (non-hydrogen) atoms. The lowest BCUT2D eigenvalue weighted by Crippen LogP contribution is -2.44. The van der Waals surface area contributed by atoms with Gasteiger partial charge in [0.05, 0.1) is 17.0 Å². The van der Waals surface area contributed by atoms with Gasteiger partial charge >= 0.3 is 0 Å². The third-order valence-corrected chi connectivity index (χ3v) is 5.98. The average molecular weight is 409 g/mol. The number of anilines is 1. The molecule has 0 bridgehead atoms. The van der Waals surface area contributed by atoms with Gasteiger partial charge < -0.3 is 0 Å². The number of thiocarbonyl (C=S) groups is 1. The van der Waals surface area contributed by atoms with Gasteiger partial charge in [-0.2, -0.15) is 0 Å². The van der Waals surface area contributed by atoms with Gasteiger partial charge in [0.1, 0.15) is 10.4 Å². The molecule has 2 aromatic rings. The minimum Gasteiger partial charge on any atom is -0.280 e. The van der Waals surface area contributed by atoms with Crippen LogP contribution < -0.4 is 4.90 Å². The van der Waals surface area contributed by atoms with Crippen LogP contribution in [0.3, 0.4) is 0 Å². The molecule has 140 valence electrons. The first-order chi connectivity index (χ1) is 13.5. The Morgan fingerprint density at radius 1 is 1.04 bits per heavy atom. The van der Waals surface area contributed by atoms with Crippen molar-refractivity contribution in [2.75, 3.05) is 4.90 Å². The zero-order valence-electron chi connectivity index (χ0n) is 15.0. The smallest absolute Gasteiger partial charge is 0.266 e. The van der Waals surface area contributed by atoms with E-state index < -0.39 is 11.9 Å². The maximum atomic E-state index is 13.0. The van der Waals surface area contributed by atoms with Crippen molar-refractivity contribution in [2.45, 2.75) is 19.4 Å². The topological polar surface area (TPSA) is 57.7 Å². The number of amides is 3. The van der Waals surface area contributed by atoms with Gasteiger partial charge in [-0.05, 0) is 30.7 Å². The summed E-state index contributed by atoms with van der Waals surface area (Å²) < 4.78 is 0.295. The molecule has 0 saturated carbocycles. The van der Waals surface area contributed by atoms with Gasteiger partial charge in [0, 0.05) is 0 Å². The van der Waals surface area contributed by atoms with Gasteiger partial charge in [0.15, 0.2) is 0 Å². The minimum absolute atomic E-state index is 0.0717. The highest BCUT2D eigenvalue weighted by atomic mass is 32.2. The predicted molar refractivity (Wildman–Crippen MR) is 114 cm³/mol. The quantitative estimate of drug-likeness (QED) is 0.442. The summed E-state index contributed by atoms with van der Waals surface area (Å²) in [6.07, 6.45) is 1.68. The lowest BCUT2D eigenvalue weighted by Gasteiger charge is -2.21. The molecule has 0 aromatic heterocycles. The van der Waals surface area contributed by atoms with Crippen LogP contribution in [0.5, 0.6) is 0 Å². The van der Waals surface area contributed by atoms with Crippen LogP contribution in [-0.2, 0) is 14.4 Å². The summed E-state index contributed by atoms with van der Waals surface area (Å²) >= 11 is 6.51. The van der Waals surface area contributed by atoms with Crippen molar-refractivity contribution in [2.24, 2.45) is 0 Å². The van der Waals surface area contributed by atoms with Crippen molar-refractivity contribution in [1.82, 2.24) is 4.90 Å². The molecule has 0 N–H and O–H groups in total. The molecule has 1 atom stereocenters. The summed E-state index contributed by atoms with van der Waals surface area (Å²) in [6.45, 7) is 1.93. The summed E-state index contributed by atoms with van der Waals surface area (Å²) in [6, 6.07) is 15.7. The van der Waals surface area contributed by atoms with E-state index in [0.717, 1.165) is 27.8 Å². The molecule has 3 amide bonds. The highest BCUT2D eigenvalue weighted by Gasteiger charge is 2.48. The molecule has 4 rings (SSSR count). The van der Waals surface area contributed by atoms with E-state index in [0.29, 0.717) is 14.9 Å². The van der Waals surface area contributed by atoms with Crippen molar-refractivity contribution in [1.29, 1.82) is 0 Å². The van der Waals surface area contributed by atoms with Crippen molar-refractivity contribution in [3.8, 4) is 0 Å². The second-order valence-electron chi connectivity index (χ2n) is 6.59. The maximum Gasteiger partial charge on any atom is 0.266 e. The van der Waals surface area contributed by atoms with E-state index in [9.17, 15) is 14.4 Å². The fraction of sp³-hybridized carbons (Fsp3) is 0.143. The van der Waals surface area contributed by atoms with E-state index >= 15 is 0 Å². The second kappa shape index (κ2) is 7.33. The Hall–Kier alpha value is -2.77. The fourth-order valence-electron chi connectivity index (χ4n) is 3.23. The summed E-state index contributed by atoms with van der Waals surface area (Å²) in [5, 5.41) is 0. The largest absolute Gasteiger partial charge is 0.280 e. The lowest BCUT2D eigenvalue weighted by molar-refractivity contribution is -0.129. The molecule has 5 nitrogen and oxygen atoms in total. The zero-order valence-corrected chi connectivity index (χ0v) is 16.6. The number of nitrogens with zero attached hydrogens (tertiary/aromatic N) is 2. The van der Waals surface area contributed by atoms with Crippen LogP contribution in [0.25, 0.3) is 6.08 Å². The van der Waals surface area contributed by atoms with Crippen LogP contribution in [0.2, 0.25) is 0 Å². The number of carbonyl (C=O) groups excluding carboxylic acids is 3. The predicted octanol–water partition coefficient (Wildman–Crippen LogP) is 3.53. The van der Waals surface area contributed by atoms with Crippen LogP contribution in [0.15, 0.2) is 59.5 Å². The van der Waals surface area contributed by atoms with Gasteiger partial charge in [0.25, 0.3) is 11.8 Å². The van der Waals surface area contributed by atoms with Gasteiger partial charge in [-0.25, -0.2) is 4.90 Å². The molecular weight excluding hydrogens is 392 g/mol. The van der Waals surface area contributed by atoms with Crippen molar-refractivity contribution in [3.05, 3.63) is 70.6 Å². The molecule has 2 fully saturated rings. The summed E-state index contributed by atoms with van der Waals surface area (Å²) in [7, 11) is 0. The van der Waals surface area contributed by atoms with E-state index in [2.05, 4.69) is 0 Å². The molecule has 2 aromatic carbocycles. The first kappa shape index (κ1) is 18.6. The van der Waals surface area contributed by atoms with Crippen molar-refractivity contribution < 1.29 is 14.4 Å². The number of hydrogen-bond donors (Lipinski definition) is 0. The van der Waals surface area contributed by atoms with Crippen LogP contribution in [-0.4, -0.2) is 33.0 Å². The molecule has 7 heteroatoms. The van der Waals surface area contributed by atoms with Crippen LogP contribution in [0.1, 0.15) is 17.5 Å². The number of hydrogen-bond acceptors (Lipinski definition) is 5. The highest BCUT2D eigenvalue weighted by molar-refractivity contribution is 8.26. The molecule has 0 spiro atoms. The molecule has 0 radical (unpaired) electrons. The Morgan fingerprint density at radius 2 is 1.71 bits per heavy atom. The highest BCUT2D eigenvalue weighted by Crippen LogP contribution is 2.37. The minimum atomic E-state index is -0.900. The molecule has 2 aliphatic heterocycles. The van der Waals surface area contributed by atoms with Crippen molar-refractivity contribution >= 4 is 57.8 Å². The lowest BCUT2D eigenvalue weighted by atomic mass is 10.2. The summed E-state index contributed by atoms with van der Waals surface area (Å²) in [5.74, 6) is -1.10. The Morgan fingerprint density at radius 3 is 2.39 bits per heavy atom. The van der Waals surface area contributed by atoms with E-state index in [1.165, 1.54) is 4.90 Å². The first-order valence-electron chi connectivity index (χ1n) is 8.71. The number of benzene rings is 2. The Labute approximate surface area is 172 Å². The average Bonchev–Trinajstić information content (AvgIpc) is 3.12. The Balaban J connectivity index is 1.61. The van der Waals surface area contributed by atoms with E-state index in [-0.39, 0.29) is 18.2 Å². The van der Waals surface area contributed by atoms with Gasteiger partial charge in [0.2, 0.25) is 5.91 Å². The van der Waals surface area contributed by atoms with Crippen molar-refractivity contribution in [3.63, 3.8) is 0 Å². The molecule has 2 aliphatic rings. The number of aryl methyl sites for hydroxylation is 1. The maximum absolute atomic E-state index is 13.0. The monoisotopic (exact) mass is 408 g/mol. The van der Waals surface area contributed by atoms with Crippen LogP contribution in [0, 0.1) is 6.92 Å². The normalized spacial score (nSPS) is 21.3. The van der Waals surface area contributed by atoms with E-state index in [1.54, 1.807) is 18.2 Å². The van der Waals surface area contributed by atoms with E-state index in [4.69, 9.17) is 12.2 Å². The molecule has 1 unspecified atom stereocenters. The Kier molecular flexibility index (Phi) is 4.87. The number of thioether (sulfide) groups is 1. The molecule has 0 aliphatic carbocycles. The van der Waals surface area contributed by atoms with E-state index in [1.807, 2.05) is 49.4 Å². The number of carbonyl (C=O) groups is 3. The second-order valence-corrected chi connectivity index (χ2v) is 8.26. The first-order valence-corrected chi connectivity index (χ1v) is 9.94. The SMILES string of the molecule is Cc1ccc(N2C(=O)CC(N3C(=O)/C(=C\c4ccccc4)SC3=S)C2=O)cc1. The summed E-state index contributed by atoms with van der Waals surface area (Å²) in [4.78, 5) is 41.3. The summed E-state index contributed by atoms with van der Waals surface area (Å²) in [5.41, 5.74) is 2.41. The van der Waals surface area contributed by atoms with Gasteiger partial charge in [-0.15, -0.1) is 0 Å². The molecule has 2 saturated heterocycles. The van der Waals surface area contributed by atoms with Gasteiger partial charge in [-0.1, -0.05) is 72.0 Å². The standard InChI is InChI=1S/C21H16N2O3S2/c1-13-7-9-15(10-8-13)22-18(24)12-16(19(22)25)23-20(26)17(28-21(23)27)11-14-5-3-2-4-6-14/h2-11,16H,12H2,1H3/b17-11+. The van der Waals surface area contributed by atoms with Crippen LogP contribution in [0.4, 0.5) is 5.69 Å². The zero-order chi connectivity index (χ0) is 19.8. The third kappa shape index (κ3) is 3.27. The molecular formula is C21H16N2O3S2. The molecule has 2 heterocycles.